The fourth-order valence-corrected chi connectivity index (χ4v) is 3.57. The van der Waals surface area contributed by atoms with Gasteiger partial charge >= 0.3 is 0 Å². The fourth-order valence-electron chi connectivity index (χ4n) is 3.57. The van der Waals surface area contributed by atoms with E-state index in [4.69, 9.17) is 4.42 Å². The highest BCUT2D eigenvalue weighted by atomic mass is 16.3. The van der Waals surface area contributed by atoms with Gasteiger partial charge in [0.05, 0.1) is 16.8 Å². The Morgan fingerprint density at radius 3 is 2.46 bits per heavy atom. The molecule has 3 aromatic carbocycles. The summed E-state index contributed by atoms with van der Waals surface area (Å²) in [5.74, 6) is -0.209. The number of carbonyl (C=O) groups is 2. The number of amides is 2. The van der Waals surface area contributed by atoms with Crippen LogP contribution in [-0.4, -0.2) is 16.8 Å². The second-order valence-corrected chi connectivity index (χ2v) is 6.91. The highest BCUT2D eigenvalue weighted by Crippen LogP contribution is 2.34. The maximum absolute atomic E-state index is 13.1. The van der Waals surface area contributed by atoms with Crippen molar-refractivity contribution in [3.05, 3.63) is 82.9 Å². The predicted octanol–water partition coefficient (Wildman–Crippen LogP) is 4.91. The standard InChI is InChI=1S/C23H16N2O3/c1-13-6-5-8-19(14(13)2)25-22(26)16-11-10-15(12-17(16)23(25)27)21-24-18-7-3-4-9-20(18)28-21/h3-12H,1-2H3. The molecule has 1 aromatic heterocycles. The minimum atomic E-state index is -0.327. The highest BCUT2D eigenvalue weighted by Gasteiger charge is 2.37. The van der Waals surface area contributed by atoms with E-state index in [1.807, 2.05) is 50.2 Å². The number of nitrogens with zero attached hydrogens (tertiary/aromatic N) is 2. The number of benzene rings is 3. The summed E-state index contributed by atoms with van der Waals surface area (Å²) < 4.78 is 5.80. The van der Waals surface area contributed by atoms with Crippen molar-refractivity contribution in [2.45, 2.75) is 13.8 Å². The monoisotopic (exact) mass is 368 g/mol. The second-order valence-electron chi connectivity index (χ2n) is 6.91. The molecule has 0 unspecified atom stereocenters. The first-order valence-corrected chi connectivity index (χ1v) is 8.99. The molecular weight excluding hydrogens is 352 g/mol. The van der Waals surface area contributed by atoms with Gasteiger partial charge in [0.2, 0.25) is 5.89 Å². The van der Waals surface area contributed by atoms with Gasteiger partial charge in [0, 0.05) is 5.56 Å². The van der Waals surface area contributed by atoms with Gasteiger partial charge in [-0.2, -0.15) is 0 Å². The van der Waals surface area contributed by atoms with Gasteiger partial charge in [0.15, 0.2) is 5.58 Å². The number of para-hydroxylation sites is 2. The van der Waals surface area contributed by atoms with E-state index >= 15 is 0 Å². The molecule has 1 aliphatic rings. The third kappa shape index (κ3) is 2.29. The lowest BCUT2D eigenvalue weighted by molar-refractivity contribution is 0.0926. The molecule has 5 heteroatoms. The molecule has 2 heterocycles. The van der Waals surface area contributed by atoms with Gasteiger partial charge in [-0.05, 0) is 61.4 Å². The van der Waals surface area contributed by atoms with Crippen molar-refractivity contribution < 1.29 is 14.0 Å². The molecule has 28 heavy (non-hydrogen) atoms. The molecule has 5 nitrogen and oxygen atoms in total. The van der Waals surface area contributed by atoms with Gasteiger partial charge < -0.3 is 4.42 Å². The lowest BCUT2D eigenvalue weighted by atomic mass is 10.1. The number of rotatable bonds is 2. The Morgan fingerprint density at radius 1 is 0.857 bits per heavy atom. The first-order valence-electron chi connectivity index (χ1n) is 8.99. The summed E-state index contributed by atoms with van der Waals surface area (Å²) in [6, 6.07) is 18.2. The molecule has 1 aliphatic heterocycles. The zero-order valence-corrected chi connectivity index (χ0v) is 15.4. The maximum atomic E-state index is 13.1. The van der Waals surface area contributed by atoms with E-state index < -0.39 is 0 Å². The molecule has 0 spiro atoms. The van der Waals surface area contributed by atoms with Gasteiger partial charge in [-0.3, -0.25) is 9.59 Å². The van der Waals surface area contributed by atoms with Crippen molar-refractivity contribution >= 4 is 28.6 Å². The van der Waals surface area contributed by atoms with Crippen molar-refractivity contribution in [2.75, 3.05) is 4.90 Å². The summed E-state index contributed by atoms with van der Waals surface area (Å²) in [5, 5.41) is 0. The van der Waals surface area contributed by atoms with Gasteiger partial charge in [-0.15, -0.1) is 0 Å². The fraction of sp³-hybridized carbons (Fsp3) is 0.0870. The van der Waals surface area contributed by atoms with Crippen LogP contribution < -0.4 is 4.90 Å². The third-order valence-corrected chi connectivity index (χ3v) is 5.24. The van der Waals surface area contributed by atoms with Crippen LogP contribution in [0.25, 0.3) is 22.6 Å². The van der Waals surface area contributed by atoms with E-state index in [0.29, 0.717) is 33.9 Å². The number of hydrogen-bond donors (Lipinski definition) is 0. The molecule has 5 rings (SSSR count). The smallest absolute Gasteiger partial charge is 0.266 e. The number of aromatic nitrogens is 1. The minimum Gasteiger partial charge on any atom is -0.436 e. The van der Waals surface area contributed by atoms with E-state index in [0.717, 1.165) is 16.6 Å². The predicted molar refractivity (Wildman–Crippen MR) is 107 cm³/mol. The zero-order valence-electron chi connectivity index (χ0n) is 15.4. The molecule has 0 saturated heterocycles. The van der Waals surface area contributed by atoms with Crippen LogP contribution in [0.1, 0.15) is 31.8 Å². The summed E-state index contributed by atoms with van der Waals surface area (Å²) in [5.41, 5.74) is 5.41. The molecule has 136 valence electrons. The van der Waals surface area contributed by atoms with Crippen LogP contribution in [0.4, 0.5) is 5.69 Å². The van der Waals surface area contributed by atoms with Gasteiger partial charge in [0.1, 0.15) is 5.52 Å². The molecule has 0 atom stereocenters. The van der Waals surface area contributed by atoms with Crippen molar-refractivity contribution in [3.63, 3.8) is 0 Å². The largest absolute Gasteiger partial charge is 0.436 e. The third-order valence-electron chi connectivity index (χ3n) is 5.24. The second kappa shape index (κ2) is 5.89. The molecule has 0 bridgehead atoms. The number of imide groups is 1. The van der Waals surface area contributed by atoms with E-state index in [1.165, 1.54) is 4.90 Å². The van der Waals surface area contributed by atoms with Gasteiger partial charge in [-0.25, -0.2) is 9.88 Å². The Balaban J connectivity index is 1.60. The van der Waals surface area contributed by atoms with Crippen molar-refractivity contribution in [1.29, 1.82) is 0 Å². The van der Waals surface area contributed by atoms with Crippen molar-refractivity contribution in [1.82, 2.24) is 4.98 Å². The summed E-state index contributed by atoms with van der Waals surface area (Å²) >= 11 is 0. The summed E-state index contributed by atoms with van der Waals surface area (Å²) in [6.45, 7) is 3.88. The molecule has 0 aliphatic carbocycles. The van der Waals surface area contributed by atoms with Crippen LogP contribution in [0.15, 0.2) is 65.1 Å². The topological polar surface area (TPSA) is 63.4 Å². The van der Waals surface area contributed by atoms with Crippen LogP contribution in [0.5, 0.6) is 0 Å². The molecule has 0 saturated carbocycles. The Morgan fingerprint density at radius 2 is 1.64 bits per heavy atom. The quantitative estimate of drug-likeness (QED) is 0.472. The Labute approximate surface area is 161 Å². The van der Waals surface area contributed by atoms with E-state index in [2.05, 4.69) is 4.98 Å². The van der Waals surface area contributed by atoms with E-state index in [9.17, 15) is 9.59 Å². The van der Waals surface area contributed by atoms with Gasteiger partial charge in [-0.1, -0.05) is 24.3 Å². The number of anilines is 1. The van der Waals surface area contributed by atoms with E-state index in [-0.39, 0.29) is 11.8 Å². The SMILES string of the molecule is Cc1cccc(N2C(=O)c3ccc(-c4nc5ccccc5o4)cc3C2=O)c1C. The first kappa shape index (κ1) is 16.4. The molecule has 0 N–H and O–H groups in total. The lowest BCUT2D eigenvalue weighted by Gasteiger charge is -2.17. The van der Waals surface area contributed by atoms with Crippen molar-refractivity contribution in [3.8, 4) is 11.5 Å². The number of carbonyl (C=O) groups excluding carboxylic acids is 2. The van der Waals surface area contributed by atoms with Crippen LogP contribution >= 0.6 is 0 Å². The van der Waals surface area contributed by atoms with Crippen LogP contribution in [-0.2, 0) is 0 Å². The molecule has 0 radical (unpaired) electrons. The average molecular weight is 368 g/mol. The Bertz CT molecular complexity index is 1250. The minimum absolute atomic E-state index is 0.308. The molecule has 2 amide bonds. The Kier molecular flexibility index (Phi) is 3.46. The number of aryl methyl sites for hydroxylation is 1. The summed E-state index contributed by atoms with van der Waals surface area (Å²) in [6.07, 6.45) is 0. The highest BCUT2D eigenvalue weighted by molar-refractivity contribution is 6.34. The first-order chi connectivity index (χ1) is 13.5. The molecular formula is C23H16N2O3. The Hall–Kier alpha value is -3.73. The lowest BCUT2D eigenvalue weighted by Crippen LogP contribution is -2.30. The normalized spacial score (nSPS) is 13.4. The molecule has 0 fully saturated rings. The van der Waals surface area contributed by atoms with Crippen LogP contribution in [0.3, 0.4) is 0 Å². The zero-order chi connectivity index (χ0) is 19.4. The molecule has 4 aromatic rings. The van der Waals surface area contributed by atoms with Crippen LogP contribution in [0.2, 0.25) is 0 Å². The summed E-state index contributed by atoms with van der Waals surface area (Å²) in [4.78, 5) is 31.7. The number of hydrogen-bond acceptors (Lipinski definition) is 4. The average Bonchev–Trinajstić information content (AvgIpc) is 3.24. The number of fused-ring (bicyclic) bond motifs is 2. The van der Waals surface area contributed by atoms with Gasteiger partial charge in [0.25, 0.3) is 11.8 Å². The maximum Gasteiger partial charge on any atom is 0.266 e. The number of oxazole rings is 1. The van der Waals surface area contributed by atoms with E-state index in [1.54, 1.807) is 24.3 Å². The van der Waals surface area contributed by atoms with Crippen LogP contribution in [0, 0.1) is 13.8 Å². The summed E-state index contributed by atoms with van der Waals surface area (Å²) in [7, 11) is 0. The van der Waals surface area contributed by atoms with Crippen molar-refractivity contribution in [2.24, 2.45) is 0 Å².